The highest BCUT2D eigenvalue weighted by Crippen LogP contribution is 2.19. The molecule has 0 unspecified atom stereocenters. The smallest absolute Gasteiger partial charge is 0.224 e. The van der Waals surface area contributed by atoms with Crippen LogP contribution in [0.3, 0.4) is 0 Å². The predicted molar refractivity (Wildman–Crippen MR) is 146 cm³/mol. The molecule has 7 nitrogen and oxygen atoms in total. The molecular weight excluding hydrogens is 529 g/mol. The molecule has 2 aromatic rings. The van der Waals surface area contributed by atoms with Gasteiger partial charge in [0.05, 0.1) is 7.11 Å². The number of rotatable bonds is 8. The van der Waals surface area contributed by atoms with Gasteiger partial charge in [-0.3, -0.25) is 9.79 Å². The largest absolute Gasteiger partial charge is 0.496 e. The molecule has 1 heterocycles. The topological polar surface area (TPSA) is 69.2 Å². The Kier molecular flexibility index (Phi) is 11.3. The number of para-hydroxylation sites is 1. The third-order valence-corrected chi connectivity index (χ3v) is 5.79. The molecule has 8 heteroatoms. The highest BCUT2D eigenvalue weighted by atomic mass is 127. The number of carbonyl (C=O) groups is 1. The number of guanidine groups is 1. The molecule has 180 valence electrons. The quantitative estimate of drug-likeness (QED) is 0.293. The minimum absolute atomic E-state index is 0. The molecule has 0 aromatic heterocycles. The maximum Gasteiger partial charge on any atom is 0.224 e. The summed E-state index contributed by atoms with van der Waals surface area (Å²) in [5, 5.41) is 6.56. The van der Waals surface area contributed by atoms with Crippen LogP contribution >= 0.6 is 24.0 Å². The van der Waals surface area contributed by atoms with E-state index in [1.54, 1.807) is 14.2 Å². The van der Waals surface area contributed by atoms with Crippen molar-refractivity contribution in [1.82, 2.24) is 15.5 Å². The first-order valence-electron chi connectivity index (χ1n) is 11.3. The van der Waals surface area contributed by atoms with Gasteiger partial charge in [-0.15, -0.1) is 24.0 Å². The summed E-state index contributed by atoms with van der Waals surface area (Å²) in [6.07, 6.45) is 1.32. The van der Waals surface area contributed by atoms with Crippen molar-refractivity contribution < 1.29 is 9.53 Å². The van der Waals surface area contributed by atoms with Crippen LogP contribution in [0.15, 0.2) is 53.5 Å². The monoisotopic (exact) mass is 565 g/mol. The maximum absolute atomic E-state index is 12.6. The van der Waals surface area contributed by atoms with E-state index in [-0.39, 0.29) is 29.9 Å². The van der Waals surface area contributed by atoms with Crippen LogP contribution in [0.25, 0.3) is 0 Å². The van der Waals surface area contributed by atoms with Gasteiger partial charge in [0.2, 0.25) is 5.91 Å². The highest BCUT2D eigenvalue weighted by Gasteiger charge is 2.20. The predicted octanol–water partition coefficient (Wildman–Crippen LogP) is 3.07. The fourth-order valence-electron chi connectivity index (χ4n) is 3.86. The van der Waals surface area contributed by atoms with Crippen molar-refractivity contribution in [3.63, 3.8) is 0 Å². The lowest BCUT2D eigenvalue weighted by atomic mass is 10.1. The molecule has 33 heavy (non-hydrogen) atoms. The fraction of sp³-hybridized carbons (Fsp3) is 0.440. The third-order valence-electron chi connectivity index (χ3n) is 5.79. The maximum atomic E-state index is 12.6. The lowest BCUT2D eigenvalue weighted by Gasteiger charge is -2.36. The molecule has 3 rings (SSSR count). The van der Waals surface area contributed by atoms with E-state index in [1.165, 1.54) is 11.3 Å². The number of nitrogens with one attached hydrogen (secondary N) is 2. The van der Waals surface area contributed by atoms with Crippen molar-refractivity contribution in [3.8, 4) is 5.75 Å². The summed E-state index contributed by atoms with van der Waals surface area (Å²) in [5.74, 6) is 1.81. The molecule has 2 N–H and O–H groups in total. The van der Waals surface area contributed by atoms with Crippen molar-refractivity contribution >= 4 is 41.5 Å². The Morgan fingerprint density at radius 3 is 2.39 bits per heavy atom. The van der Waals surface area contributed by atoms with E-state index in [4.69, 9.17) is 4.74 Å². The number of hydrogen-bond acceptors (Lipinski definition) is 4. The number of aryl methyl sites for hydroxylation is 1. The minimum Gasteiger partial charge on any atom is -0.496 e. The SMILES string of the molecule is CN=C(NCCC(=O)N1CCN(c2ccccc2)CC1)NCCc1ccc(C)c(OC)c1.I. The number of halogens is 1. The summed E-state index contributed by atoms with van der Waals surface area (Å²) >= 11 is 0. The summed E-state index contributed by atoms with van der Waals surface area (Å²) in [6, 6.07) is 16.6. The second-order valence-electron chi connectivity index (χ2n) is 7.93. The first kappa shape index (κ1) is 26.8. The first-order valence-corrected chi connectivity index (χ1v) is 11.3. The van der Waals surface area contributed by atoms with Gasteiger partial charge in [0.1, 0.15) is 5.75 Å². The van der Waals surface area contributed by atoms with Crippen molar-refractivity contribution in [2.24, 2.45) is 4.99 Å². The van der Waals surface area contributed by atoms with E-state index in [9.17, 15) is 4.79 Å². The number of methoxy groups -OCH3 is 1. The second-order valence-corrected chi connectivity index (χ2v) is 7.93. The summed E-state index contributed by atoms with van der Waals surface area (Å²) in [4.78, 5) is 21.1. The molecular formula is C25H36IN5O2. The lowest BCUT2D eigenvalue weighted by molar-refractivity contribution is -0.131. The van der Waals surface area contributed by atoms with Gasteiger partial charge >= 0.3 is 0 Å². The van der Waals surface area contributed by atoms with Gasteiger partial charge in [0, 0.05) is 58.4 Å². The van der Waals surface area contributed by atoms with Crippen LogP contribution in [0.5, 0.6) is 5.75 Å². The standard InChI is InChI=1S/C25H35N5O2.HI/c1-20-9-10-21(19-23(20)32-3)11-13-27-25(26-2)28-14-12-24(31)30-17-15-29(16-18-30)22-7-5-4-6-8-22;/h4-10,19H,11-18H2,1-3H3,(H2,26,27,28);1H. The molecule has 1 aliphatic heterocycles. The number of amides is 1. The van der Waals surface area contributed by atoms with Gasteiger partial charge in [0.15, 0.2) is 5.96 Å². The molecule has 1 saturated heterocycles. The van der Waals surface area contributed by atoms with Gasteiger partial charge in [-0.1, -0.05) is 30.3 Å². The van der Waals surface area contributed by atoms with Crippen LogP contribution in [0.4, 0.5) is 5.69 Å². The van der Waals surface area contributed by atoms with Crippen LogP contribution in [0, 0.1) is 6.92 Å². The van der Waals surface area contributed by atoms with Gasteiger partial charge < -0.3 is 25.2 Å². The van der Waals surface area contributed by atoms with Crippen LogP contribution in [0.2, 0.25) is 0 Å². The highest BCUT2D eigenvalue weighted by molar-refractivity contribution is 14.0. The zero-order valence-corrected chi connectivity index (χ0v) is 22.2. The summed E-state index contributed by atoms with van der Waals surface area (Å²) < 4.78 is 5.39. The number of piperazine rings is 1. The average molecular weight is 566 g/mol. The molecule has 0 bridgehead atoms. The second kappa shape index (κ2) is 13.9. The zero-order valence-electron chi connectivity index (χ0n) is 19.8. The Hall–Kier alpha value is -2.49. The van der Waals surface area contributed by atoms with Gasteiger partial charge in [-0.2, -0.15) is 0 Å². The van der Waals surface area contributed by atoms with Gasteiger partial charge in [-0.05, 0) is 42.7 Å². The fourth-order valence-corrected chi connectivity index (χ4v) is 3.86. The van der Waals surface area contributed by atoms with E-state index in [2.05, 4.69) is 63.0 Å². The zero-order chi connectivity index (χ0) is 22.8. The van der Waals surface area contributed by atoms with E-state index < -0.39 is 0 Å². The molecule has 0 aliphatic carbocycles. The molecule has 2 aromatic carbocycles. The Morgan fingerprint density at radius 2 is 1.73 bits per heavy atom. The van der Waals surface area contributed by atoms with E-state index >= 15 is 0 Å². The van der Waals surface area contributed by atoms with E-state index in [1.807, 2.05) is 17.9 Å². The number of anilines is 1. The number of nitrogens with zero attached hydrogens (tertiary/aromatic N) is 3. The number of hydrogen-bond donors (Lipinski definition) is 2. The molecule has 1 fully saturated rings. The summed E-state index contributed by atoms with van der Waals surface area (Å²) in [6.45, 7) is 6.63. The number of carbonyl (C=O) groups excluding carboxylic acids is 1. The van der Waals surface area contributed by atoms with Gasteiger partial charge in [-0.25, -0.2) is 0 Å². The number of benzene rings is 2. The van der Waals surface area contributed by atoms with Gasteiger partial charge in [0.25, 0.3) is 0 Å². The third kappa shape index (κ3) is 8.10. The van der Waals surface area contributed by atoms with Crippen LogP contribution in [-0.4, -0.2) is 70.2 Å². The Morgan fingerprint density at radius 1 is 1.03 bits per heavy atom. The van der Waals surface area contributed by atoms with Crippen molar-refractivity contribution in [2.75, 3.05) is 58.3 Å². The molecule has 0 saturated carbocycles. The van der Waals surface area contributed by atoms with Crippen LogP contribution in [-0.2, 0) is 11.2 Å². The van der Waals surface area contributed by atoms with Crippen LogP contribution < -0.4 is 20.3 Å². The molecule has 0 spiro atoms. The molecule has 1 aliphatic rings. The molecule has 0 atom stereocenters. The molecule has 1 amide bonds. The Bertz CT molecular complexity index is 899. The Balaban J connectivity index is 0.00000385. The lowest BCUT2D eigenvalue weighted by Crippen LogP contribution is -2.49. The van der Waals surface area contributed by atoms with Crippen LogP contribution in [0.1, 0.15) is 17.5 Å². The number of ether oxygens (including phenoxy) is 1. The Labute approximate surface area is 214 Å². The summed E-state index contributed by atoms with van der Waals surface area (Å²) in [7, 11) is 3.44. The van der Waals surface area contributed by atoms with Crippen molar-refractivity contribution in [3.05, 3.63) is 59.7 Å². The van der Waals surface area contributed by atoms with Crippen molar-refractivity contribution in [2.45, 2.75) is 19.8 Å². The number of aliphatic imine (C=N–C) groups is 1. The van der Waals surface area contributed by atoms with E-state index in [0.717, 1.165) is 50.5 Å². The normalized spacial score (nSPS) is 13.8. The van der Waals surface area contributed by atoms with Crippen molar-refractivity contribution in [1.29, 1.82) is 0 Å². The average Bonchev–Trinajstić information content (AvgIpc) is 2.84. The minimum atomic E-state index is 0. The molecule has 0 radical (unpaired) electrons. The summed E-state index contributed by atoms with van der Waals surface area (Å²) in [5.41, 5.74) is 3.56. The first-order chi connectivity index (χ1) is 15.6. The van der Waals surface area contributed by atoms with E-state index in [0.29, 0.717) is 18.9 Å².